The lowest BCUT2D eigenvalue weighted by Gasteiger charge is -2.36. The van der Waals surface area contributed by atoms with Crippen LogP contribution >= 0.6 is 11.3 Å². The van der Waals surface area contributed by atoms with Crippen LogP contribution in [0.3, 0.4) is 0 Å². The lowest BCUT2D eigenvalue weighted by Crippen LogP contribution is -2.44. The number of morpholine rings is 1. The van der Waals surface area contributed by atoms with E-state index in [4.69, 9.17) is 10.5 Å². The summed E-state index contributed by atoms with van der Waals surface area (Å²) >= 11 is 1.90. The predicted molar refractivity (Wildman–Crippen MR) is 81.8 cm³/mol. The van der Waals surface area contributed by atoms with Gasteiger partial charge in [-0.05, 0) is 24.5 Å². The fourth-order valence-electron chi connectivity index (χ4n) is 2.51. The molecule has 1 aliphatic rings. The van der Waals surface area contributed by atoms with Crippen LogP contribution in [-0.4, -0.2) is 37.2 Å². The molecule has 1 aromatic heterocycles. The van der Waals surface area contributed by atoms with Crippen LogP contribution in [0.15, 0.2) is 12.1 Å². The third-order valence-corrected chi connectivity index (χ3v) is 5.24. The largest absolute Gasteiger partial charge is 0.376 e. The second kappa shape index (κ2) is 5.92. The molecule has 2 rings (SSSR count). The van der Waals surface area contributed by atoms with E-state index in [-0.39, 0.29) is 5.41 Å². The average Bonchev–Trinajstić information content (AvgIpc) is 2.79. The summed E-state index contributed by atoms with van der Waals surface area (Å²) in [7, 11) is 0. The van der Waals surface area contributed by atoms with Crippen molar-refractivity contribution >= 4 is 11.3 Å². The molecule has 19 heavy (non-hydrogen) atoms. The monoisotopic (exact) mass is 282 g/mol. The first-order chi connectivity index (χ1) is 8.91. The van der Waals surface area contributed by atoms with Gasteiger partial charge >= 0.3 is 0 Å². The van der Waals surface area contributed by atoms with Crippen LogP contribution in [0.4, 0.5) is 0 Å². The summed E-state index contributed by atoms with van der Waals surface area (Å²) in [6.45, 7) is 12.4. The molecule has 3 nitrogen and oxygen atoms in total. The van der Waals surface area contributed by atoms with E-state index >= 15 is 0 Å². The number of hydrogen-bond acceptors (Lipinski definition) is 4. The highest BCUT2D eigenvalue weighted by Crippen LogP contribution is 2.34. The maximum Gasteiger partial charge on any atom is 0.0674 e. The minimum Gasteiger partial charge on any atom is -0.376 e. The number of thiophene rings is 1. The third kappa shape index (κ3) is 3.57. The van der Waals surface area contributed by atoms with Crippen molar-refractivity contribution in [1.29, 1.82) is 0 Å². The Morgan fingerprint density at radius 1 is 1.47 bits per heavy atom. The molecule has 2 heterocycles. The van der Waals surface area contributed by atoms with E-state index in [1.54, 1.807) is 0 Å². The fourth-order valence-corrected chi connectivity index (χ4v) is 3.72. The van der Waals surface area contributed by atoms with Crippen LogP contribution < -0.4 is 5.73 Å². The first-order valence-corrected chi connectivity index (χ1v) is 7.89. The van der Waals surface area contributed by atoms with E-state index in [2.05, 4.69) is 44.7 Å². The van der Waals surface area contributed by atoms with E-state index in [0.717, 1.165) is 19.7 Å². The van der Waals surface area contributed by atoms with Crippen LogP contribution in [0.5, 0.6) is 0 Å². The molecular weight excluding hydrogens is 256 g/mol. The predicted octanol–water partition coefficient (Wildman–Crippen LogP) is 2.77. The minimum absolute atomic E-state index is 0.223. The third-order valence-electron chi connectivity index (χ3n) is 3.63. The first-order valence-electron chi connectivity index (χ1n) is 7.07. The molecule has 0 spiro atoms. The summed E-state index contributed by atoms with van der Waals surface area (Å²) < 4.78 is 5.62. The van der Waals surface area contributed by atoms with Gasteiger partial charge < -0.3 is 10.5 Å². The van der Waals surface area contributed by atoms with Crippen molar-refractivity contribution in [3.05, 3.63) is 21.9 Å². The zero-order valence-corrected chi connectivity index (χ0v) is 13.3. The van der Waals surface area contributed by atoms with Gasteiger partial charge in [-0.1, -0.05) is 20.8 Å². The van der Waals surface area contributed by atoms with Crippen LogP contribution in [0, 0.1) is 0 Å². The van der Waals surface area contributed by atoms with Gasteiger partial charge in [0, 0.05) is 29.4 Å². The standard InChI is InChI=1S/C15H26N2OS/c1-11-10-17(7-8-18-11)12(9-16)13-5-6-14(19-13)15(2,3)4/h5-6,11-12H,7-10,16H2,1-4H3. The van der Waals surface area contributed by atoms with Gasteiger partial charge in [-0.15, -0.1) is 11.3 Å². The molecule has 0 aromatic carbocycles. The van der Waals surface area contributed by atoms with Gasteiger partial charge in [-0.25, -0.2) is 0 Å². The van der Waals surface area contributed by atoms with Crippen molar-refractivity contribution in [3.8, 4) is 0 Å². The van der Waals surface area contributed by atoms with E-state index in [1.165, 1.54) is 9.75 Å². The second-order valence-electron chi connectivity index (χ2n) is 6.38. The zero-order valence-electron chi connectivity index (χ0n) is 12.5. The molecule has 0 amide bonds. The average molecular weight is 282 g/mol. The van der Waals surface area contributed by atoms with Gasteiger partial charge in [-0.3, -0.25) is 4.90 Å². The topological polar surface area (TPSA) is 38.5 Å². The fraction of sp³-hybridized carbons (Fsp3) is 0.733. The Morgan fingerprint density at radius 3 is 2.74 bits per heavy atom. The molecule has 2 N–H and O–H groups in total. The Labute approximate surface area is 120 Å². The van der Waals surface area contributed by atoms with E-state index in [9.17, 15) is 0 Å². The van der Waals surface area contributed by atoms with Crippen LogP contribution in [-0.2, 0) is 10.2 Å². The van der Waals surface area contributed by atoms with Gasteiger partial charge in [0.05, 0.1) is 18.8 Å². The maximum absolute atomic E-state index is 6.02. The van der Waals surface area contributed by atoms with Crippen LogP contribution in [0.25, 0.3) is 0 Å². The highest BCUT2D eigenvalue weighted by molar-refractivity contribution is 7.12. The summed E-state index contributed by atoms with van der Waals surface area (Å²) in [4.78, 5) is 5.29. The van der Waals surface area contributed by atoms with Crippen LogP contribution in [0.1, 0.15) is 43.5 Å². The highest BCUT2D eigenvalue weighted by atomic mass is 32.1. The smallest absolute Gasteiger partial charge is 0.0674 e. The molecule has 0 radical (unpaired) electrons. The zero-order chi connectivity index (χ0) is 14.0. The Morgan fingerprint density at radius 2 is 2.21 bits per heavy atom. The molecule has 1 aromatic rings. The van der Waals surface area contributed by atoms with Crippen molar-refractivity contribution in [2.45, 2.75) is 45.3 Å². The maximum atomic E-state index is 6.02. The van der Waals surface area contributed by atoms with Crippen molar-refractivity contribution in [1.82, 2.24) is 4.90 Å². The summed E-state index contributed by atoms with van der Waals surface area (Å²) in [6, 6.07) is 4.85. The molecule has 2 unspecified atom stereocenters. The molecule has 0 saturated carbocycles. The summed E-state index contributed by atoms with van der Waals surface area (Å²) in [5.41, 5.74) is 6.25. The van der Waals surface area contributed by atoms with Crippen molar-refractivity contribution in [3.63, 3.8) is 0 Å². The van der Waals surface area contributed by atoms with Gasteiger partial charge in [0.2, 0.25) is 0 Å². The molecule has 1 aliphatic heterocycles. The number of rotatable bonds is 3. The number of nitrogens with two attached hydrogens (primary N) is 1. The Balaban J connectivity index is 2.15. The van der Waals surface area contributed by atoms with Gasteiger partial charge in [-0.2, -0.15) is 0 Å². The van der Waals surface area contributed by atoms with Gasteiger partial charge in [0.25, 0.3) is 0 Å². The number of nitrogens with zero attached hydrogens (tertiary/aromatic N) is 1. The second-order valence-corrected chi connectivity index (χ2v) is 7.50. The lowest BCUT2D eigenvalue weighted by atomic mass is 9.95. The van der Waals surface area contributed by atoms with E-state index in [0.29, 0.717) is 18.7 Å². The Bertz CT molecular complexity index is 411. The summed E-state index contributed by atoms with van der Waals surface area (Å²) in [6.07, 6.45) is 0.310. The van der Waals surface area contributed by atoms with Crippen molar-refractivity contribution < 1.29 is 4.74 Å². The molecule has 0 bridgehead atoms. The van der Waals surface area contributed by atoms with Crippen molar-refractivity contribution in [2.75, 3.05) is 26.2 Å². The van der Waals surface area contributed by atoms with E-state index < -0.39 is 0 Å². The van der Waals surface area contributed by atoms with Crippen LogP contribution in [0.2, 0.25) is 0 Å². The molecule has 4 heteroatoms. The quantitative estimate of drug-likeness (QED) is 0.926. The van der Waals surface area contributed by atoms with Crippen molar-refractivity contribution in [2.24, 2.45) is 5.73 Å². The summed E-state index contributed by atoms with van der Waals surface area (Å²) in [5, 5.41) is 0. The number of ether oxygens (including phenoxy) is 1. The Kier molecular flexibility index (Phi) is 4.66. The SMILES string of the molecule is CC1CN(C(CN)c2ccc(C(C)(C)C)s2)CCO1. The van der Waals surface area contributed by atoms with Gasteiger partial charge in [0.1, 0.15) is 0 Å². The summed E-state index contributed by atoms with van der Waals surface area (Å²) in [5.74, 6) is 0. The first kappa shape index (κ1) is 15.0. The lowest BCUT2D eigenvalue weighted by molar-refractivity contribution is -0.0328. The minimum atomic E-state index is 0.223. The molecule has 1 saturated heterocycles. The number of hydrogen-bond donors (Lipinski definition) is 1. The Hall–Kier alpha value is -0.420. The van der Waals surface area contributed by atoms with E-state index in [1.807, 2.05) is 11.3 Å². The van der Waals surface area contributed by atoms with Gasteiger partial charge in [0.15, 0.2) is 0 Å². The molecule has 0 aliphatic carbocycles. The molecule has 108 valence electrons. The molecule has 2 atom stereocenters. The molecule has 1 fully saturated rings. The molecular formula is C15H26N2OS. The normalized spacial score (nSPS) is 23.5. The highest BCUT2D eigenvalue weighted by Gasteiger charge is 2.26.